The number of hydrogen-bond acceptors (Lipinski definition) is 1. The Hall–Kier alpha value is -1.08. The number of nitrogens with one attached hydrogen (secondary N) is 1. The first-order valence-electron chi connectivity index (χ1n) is 6.03. The molecule has 1 unspecified atom stereocenters. The molecule has 1 heterocycles. The Labute approximate surface area is 99.6 Å². The predicted octanol–water partition coefficient (Wildman–Crippen LogP) is 3.76. The van der Waals surface area contributed by atoms with Gasteiger partial charge in [0.25, 0.3) is 0 Å². The van der Waals surface area contributed by atoms with E-state index in [1.165, 1.54) is 16.7 Å². The van der Waals surface area contributed by atoms with E-state index in [1.54, 1.807) is 0 Å². The summed E-state index contributed by atoms with van der Waals surface area (Å²) in [7, 11) is 0. The molecule has 0 aromatic rings. The second-order valence-electron chi connectivity index (χ2n) is 4.29. The third kappa shape index (κ3) is 2.73. The van der Waals surface area contributed by atoms with Gasteiger partial charge in [0.1, 0.15) is 0 Å². The van der Waals surface area contributed by atoms with E-state index >= 15 is 0 Å². The van der Waals surface area contributed by atoms with Gasteiger partial charge in [-0.25, -0.2) is 0 Å². The van der Waals surface area contributed by atoms with Gasteiger partial charge in [-0.1, -0.05) is 36.0 Å². The lowest BCUT2D eigenvalue weighted by atomic mass is 9.83. The molecule has 88 valence electrons. The van der Waals surface area contributed by atoms with E-state index in [4.69, 9.17) is 0 Å². The first-order chi connectivity index (χ1) is 7.63. The maximum atomic E-state index is 3.54. The zero-order valence-electron chi connectivity index (χ0n) is 11.0. The summed E-state index contributed by atoms with van der Waals surface area (Å²) in [6.07, 6.45) is 10.9. The molecule has 1 saturated heterocycles. The van der Waals surface area contributed by atoms with Gasteiger partial charge in [-0.15, -0.1) is 0 Å². The summed E-state index contributed by atoms with van der Waals surface area (Å²) in [6, 6.07) is 0.909. The SMILES string of the molecule is C/C=C\C(=C/C)C1N[C@H](C)/C1=C\C(C)=C/C. The maximum Gasteiger partial charge on any atom is 0.0555 e. The molecule has 1 fully saturated rings. The lowest BCUT2D eigenvalue weighted by Gasteiger charge is -2.40. The molecule has 0 aromatic carbocycles. The number of hydrogen-bond donors (Lipinski definition) is 1. The maximum absolute atomic E-state index is 3.54. The summed E-state index contributed by atoms with van der Waals surface area (Å²) in [6.45, 7) is 10.6. The molecule has 0 aliphatic carbocycles. The van der Waals surface area contributed by atoms with Crippen molar-refractivity contribution in [3.8, 4) is 0 Å². The molecule has 1 heteroatoms. The number of allylic oxidation sites excluding steroid dienone is 5. The van der Waals surface area contributed by atoms with Gasteiger partial charge in [-0.05, 0) is 45.8 Å². The Morgan fingerprint density at radius 1 is 1.19 bits per heavy atom. The zero-order valence-corrected chi connectivity index (χ0v) is 11.0. The summed E-state index contributed by atoms with van der Waals surface area (Å²) in [5, 5.41) is 3.54. The number of rotatable bonds is 3. The Balaban J connectivity index is 2.89. The Bertz CT molecular complexity index is 356. The summed E-state index contributed by atoms with van der Waals surface area (Å²) in [4.78, 5) is 0. The molecule has 0 radical (unpaired) electrons. The summed E-state index contributed by atoms with van der Waals surface area (Å²) < 4.78 is 0. The molecule has 1 nitrogen and oxygen atoms in total. The lowest BCUT2D eigenvalue weighted by Crippen LogP contribution is -2.54. The first kappa shape index (κ1) is 13.0. The first-order valence-corrected chi connectivity index (χ1v) is 6.03. The second kappa shape index (κ2) is 5.86. The third-order valence-corrected chi connectivity index (χ3v) is 3.13. The molecule has 0 bridgehead atoms. The third-order valence-electron chi connectivity index (χ3n) is 3.13. The van der Waals surface area contributed by atoms with Crippen molar-refractivity contribution in [2.45, 2.75) is 46.7 Å². The highest BCUT2D eigenvalue weighted by molar-refractivity contribution is 5.44. The van der Waals surface area contributed by atoms with Crippen LogP contribution in [0.4, 0.5) is 0 Å². The average Bonchev–Trinajstić information content (AvgIpc) is 2.30. The molecular formula is C15H23N. The van der Waals surface area contributed by atoms with Crippen LogP contribution in [0.1, 0.15) is 34.6 Å². The highest BCUT2D eigenvalue weighted by Crippen LogP contribution is 2.27. The van der Waals surface area contributed by atoms with Gasteiger partial charge in [0.05, 0.1) is 6.04 Å². The minimum Gasteiger partial charge on any atom is -0.300 e. The standard InChI is InChI=1S/C15H23N/c1-6-9-13(8-3)15-14(12(5)16-15)10-11(4)7-2/h6-10,12,15-16H,1-5H3/b9-6-,11-7-,13-8+,14-10+/t12-,15?/m1/s1. The van der Waals surface area contributed by atoms with E-state index in [0.717, 1.165) is 0 Å². The molecule has 0 amide bonds. The van der Waals surface area contributed by atoms with Crippen molar-refractivity contribution in [2.75, 3.05) is 0 Å². The van der Waals surface area contributed by atoms with Crippen molar-refractivity contribution >= 4 is 0 Å². The van der Waals surface area contributed by atoms with Crippen LogP contribution in [0.15, 0.2) is 47.1 Å². The topological polar surface area (TPSA) is 12.0 Å². The minimum absolute atomic E-state index is 0.408. The van der Waals surface area contributed by atoms with Crippen LogP contribution in [0, 0.1) is 0 Å². The minimum atomic E-state index is 0.408. The molecule has 1 aliphatic rings. The Morgan fingerprint density at radius 3 is 2.31 bits per heavy atom. The highest BCUT2D eigenvalue weighted by atomic mass is 15.0. The van der Waals surface area contributed by atoms with Crippen LogP contribution in [-0.4, -0.2) is 12.1 Å². The van der Waals surface area contributed by atoms with Gasteiger partial charge < -0.3 is 5.32 Å². The summed E-state index contributed by atoms with van der Waals surface area (Å²) in [5.41, 5.74) is 4.18. The fourth-order valence-electron chi connectivity index (χ4n) is 1.99. The summed E-state index contributed by atoms with van der Waals surface area (Å²) in [5.74, 6) is 0. The van der Waals surface area contributed by atoms with Crippen molar-refractivity contribution in [3.05, 3.63) is 47.1 Å². The van der Waals surface area contributed by atoms with E-state index < -0.39 is 0 Å². The normalized spacial score (nSPS) is 29.9. The van der Waals surface area contributed by atoms with Gasteiger partial charge in [-0.3, -0.25) is 0 Å². The highest BCUT2D eigenvalue weighted by Gasteiger charge is 2.31. The van der Waals surface area contributed by atoms with Gasteiger partial charge >= 0.3 is 0 Å². The van der Waals surface area contributed by atoms with E-state index in [-0.39, 0.29) is 0 Å². The Kier molecular flexibility index (Phi) is 4.75. The van der Waals surface area contributed by atoms with Crippen LogP contribution in [0.5, 0.6) is 0 Å². The van der Waals surface area contributed by atoms with E-state index in [9.17, 15) is 0 Å². The van der Waals surface area contributed by atoms with Crippen molar-refractivity contribution < 1.29 is 0 Å². The second-order valence-corrected chi connectivity index (χ2v) is 4.29. The lowest BCUT2D eigenvalue weighted by molar-refractivity contribution is 0.443. The van der Waals surface area contributed by atoms with Crippen LogP contribution < -0.4 is 5.32 Å². The smallest absolute Gasteiger partial charge is 0.0555 e. The van der Waals surface area contributed by atoms with E-state index in [0.29, 0.717) is 12.1 Å². The molecule has 1 aliphatic heterocycles. The fourth-order valence-corrected chi connectivity index (χ4v) is 1.99. The molecular weight excluding hydrogens is 194 g/mol. The molecule has 1 N–H and O–H groups in total. The van der Waals surface area contributed by atoms with Crippen molar-refractivity contribution in [3.63, 3.8) is 0 Å². The molecule has 0 aromatic heterocycles. The molecule has 2 atom stereocenters. The van der Waals surface area contributed by atoms with Crippen LogP contribution in [0.3, 0.4) is 0 Å². The quantitative estimate of drug-likeness (QED) is 0.710. The van der Waals surface area contributed by atoms with Crippen molar-refractivity contribution in [2.24, 2.45) is 0 Å². The van der Waals surface area contributed by atoms with Gasteiger partial charge in [-0.2, -0.15) is 0 Å². The van der Waals surface area contributed by atoms with Gasteiger partial charge in [0, 0.05) is 6.04 Å². The molecule has 1 rings (SSSR count). The van der Waals surface area contributed by atoms with Gasteiger partial charge in [0.15, 0.2) is 0 Å². The zero-order chi connectivity index (χ0) is 12.1. The van der Waals surface area contributed by atoms with Crippen LogP contribution in [-0.2, 0) is 0 Å². The van der Waals surface area contributed by atoms with Crippen molar-refractivity contribution in [1.29, 1.82) is 0 Å². The van der Waals surface area contributed by atoms with Crippen LogP contribution in [0.25, 0.3) is 0 Å². The predicted molar refractivity (Wildman–Crippen MR) is 72.5 cm³/mol. The largest absolute Gasteiger partial charge is 0.300 e. The van der Waals surface area contributed by atoms with E-state index in [2.05, 4.69) is 70.3 Å². The monoisotopic (exact) mass is 217 g/mol. The van der Waals surface area contributed by atoms with Gasteiger partial charge in [0.2, 0.25) is 0 Å². The van der Waals surface area contributed by atoms with E-state index in [1.807, 2.05) is 0 Å². The molecule has 0 spiro atoms. The molecule has 0 saturated carbocycles. The van der Waals surface area contributed by atoms with Crippen LogP contribution >= 0.6 is 0 Å². The van der Waals surface area contributed by atoms with Crippen LogP contribution in [0.2, 0.25) is 0 Å². The molecule has 16 heavy (non-hydrogen) atoms. The fraction of sp³-hybridized carbons (Fsp3) is 0.467. The Morgan fingerprint density at radius 2 is 1.88 bits per heavy atom. The summed E-state index contributed by atoms with van der Waals surface area (Å²) >= 11 is 0. The average molecular weight is 217 g/mol. The van der Waals surface area contributed by atoms with Crippen molar-refractivity contribution in [1.82, 2.24) is 5.32 Å².